The fourth-order valence-corrected chi connectivity index (χ4v) is 4.42. The van der Waals surface area contributed by atoms with Gasteiger partial charge in [0, 0.05) is 34.9 Å². The van der Waals surface area contributed by atoms with E-state index in [-0.39, 0.29) is 11.6 Å². The first-order valence-corrected chi connectivity index (χ1v) is 10.1. The van der Waals surface area contributed by atoms with Gasteiger partial charge in [-0.1, -0.05) is 0 Å². The van der Waals surface area contributed by atoms with Crippen LogP contribution in [0.1, 0.15) is 42.3 Å². The van der Waals surface area contributed by atoms with Gasteiger partial charge in [-0.15, -0.1) is 11.3 Å². The van der Waals surface area contributed by atoms with Crippen LogP contribution in [-0.4, -0.2) is 25.8 Å². The van der Waals surface area contributed by atoms with Crippen molar-refractivity contribution in [1.82, 2.24) is 19.7 Å². The molecule has 27 heavy (non-hydrogen) atoms. The SMILES string of the molecule is Cc1nc(NC2CCC(n3nc(-c4cccnc4)ccc3=O)CC2)sc1C. The lowest BCUT2D eigenvalue weighted by atomic mass is 9.91. The number of hydrogen-bond acceptors (Lipinski definition) is 6. The highest BCUT2D eigenvalue weighted by Gasteiger charge is 2.24. The summed E-state index contributed by atoms with van der Waals surface area (Å²) in [4.78, 5) is 22.4. The van der Waals surface area contributed by atoms with Gasteiger partial charge in [0.05, 0.1) is 17.4 Å². The van der Waals surface area contributed by atoms with Gasteiger partial charge < -0.3 is 5.32 Å². The lowest BCUT2D eigenvalue weighted by molar-refractivity contribution is 0.304. The standard InChI is InChI=1S/C20H23N5OS/c1-13-14(2)27-20(22-13)23-16-5-7-17(8-6-16)25-19(26)10-9-18(24-25)15-4-3-11-21-12-15/h3-4,9-12,16-17H,5-8H2,1-2H3,(H,22,23). The van der Waals surface area contributed by atoms with Crippen LogP contribution in [0.4, 0.5) is 5.13 Å². The molecule has 0 spiro atoms. The van der Waals surface area contributed by atoms with Crippen molar-refractivity contribution in [3.8, 4) is 11.3 Å². The van der Waals surface area contributed by atoms with Crippen molar-refractivity contribution in [2.75, 3.05) is 5.32 Å². The van der Waals surface area contributed by atoms with Gasteiger partial charge >= 0.3 is 0 Å². The maximum Gasteiger partial charge on any atom is 0.267 e. The fourth-order valence-electron chi connectivity index (χ4n) is 3.53. The molecule has 3 aromatic rings. The molecule has 0 saturated heterocycles. The van der Waals surface area contributed by atoms with Crippen LogP contribution < -0.4 is 10.9 Å². The van der Waals surface area contributed by atoms with Crippen LogP contribution in [-0.2, 0) is 0 Å². The van der Waals surface area contributed by atoms with Crippen molar-refractivity contribution in [1.29, 1.82) is 0 Å². The first-order chi connectivity index (χ1) is 13.1. The monoisotopic (exact) mass is 381 g/mol. The summed E-state index contributed by atoms with van der Waals surface area (Å²) in [5.74, 6) is 0. The number of thiazole rings is 1. The van der Waals surface area contributed by atoms with Crippen molar-refractivity contribution >= 4 is 16.5 Å². The van der Waals surface area contributed by atoms with Crippen LogP contribution >= 0.6 is 11.3 Å². The van der Waals surface area contributed by atoms with E-state index in [1.165, 1.54) is 4.88 Å². The lowest BCUT2D eigenvalue weighted by Crippen LogP contribution is -2.33. The molecule has 0 radical (unpaired) electrons. The van der Waals surface area contributed by atoms with Crippen LogP contribution in [0, 0.1) is 13.8 Å². The molecule has 4 rings (SSSR count). The number of anilines is 1. The lowest BCUT2D eigenvalue weighted by Gasteiger charge is -2.29. The molecule has 140 valence electrons. The molecule has 0 atom stereocenters. The zero-order valence-electron chi connectivity index (χ0n) is 15.6. The molecule has 0 aromatic carbocycles. The molecule has 1 aliphatic rings. The Kier molecular flexibility index (Phi) is 5.03. The van der Waals surface area contributed by atoms with Crippen molar-refractivity contribution in [2.24, 2.45) is 0 Å². The Bertz CT molecular complexity index is 954. The molecule has 0 aliphatic heterocycles. The molecule has 1 aliphatic carbocycles. The predicted octanol–water partition coefficient (Wildman–Crippen LogP) is 3.97. The molecule has 3 heterocycles. The van der Waals surface area contributed by atoms with E-state index in [0.29, 0.717) is 6.04 Å². The van der Waals surface area contributed by atoms with Gasteiger partial charge in [-0.3, -0.25) is 9.78 Å². The minimum Gasteiger partial charge on any atom is -0.359 e. The summed E-state index contributed by atoms with van der Waals surface area (Å²) in [5, 5.41) is 9.18. The summed E-state index contributed by atoms with van der Waals surface area (Å²) in [5.41, 5.74) is 2.78. The van der Waals surface area contributed by atoms with Gasteiger partial charge in [0.1, 0.15) is 0 Å². The zero-order valence-corrected chi connectivity index (χ0v) is 16.4. The van der Waals surface area contributed by atoms with Gasteiger partial charge in [-0.05, 0) is 57.7 Å². The minimum atomic E-state index is -0.0368. The first-order valence-electron chi connectivity index (χ1n) is 9.31. The minimum absolute atomic E-state index is 0.0368. The molecule has 1 fully saturated rings. The second-order valence-electron chi connectivity index (χ2n) is 7.05. The van der Waals surface area contributed by atoms with Gasteiger partial charge in [0.15, 0.2) is 5.13 Å². The molecule has 0 amide bonds. The van der Waals surface area contributed by atoms with E-state index in [2.05, 4.69) is 27.3 Å². The van der Waals surface area contributed by atoms with E-state index in [0.717, 1.165) is 47.8 Å². The summed E-state index contributed by atoms with van der Waals surface area (Å²) in [6, 6.07) is 7.78. The highest BCUT2D eigenvalue weighted by Crippen LogP contribution is 2.31. The molecular formula is C20H23N5OS. The van der Waals surface area contributed by atoms with Crippen molar-refractivity contribution < 1.29 is 0 Å². The van der Waals surface area contributed by atoms with Gasteiger partial charge in [0.2, 0.25) is 0 Å². The van der Waals surface area contributed by atoms with E-state index < -0.39 is 0 Å². The first kappa shape index (κ1) is 17.9. The quantitative estimate of drug-likeness (QED) is 0.740. The van der Waals surface area contributed by atoms with Crippen LogP contribution in [0.3, 0.4) is 0 Å². The predicted molar refractivity (Wildman–Crippen MR) is 108 cm³/mol. The Morgan fingerprint density at radius 1 is 1.15 bits per heavy atom. The molecule has 1 saturated carbocycles. The summed E-state index contributed by atoms with van der Waals surface area (Å²) in [6.07, 6.45) is 7.39. The molecular weight excluding hydrogens is 358 g/mol. The van der Waals surface area contributed by atoms with Crippen LogP contribution in [0.5, 0.6) is 0 Å². The van der Waals surface area contributed by atoms with Crippen LogP contribution in [0.15, 0.2) is 41.5 Å². The largest absolute Gasteiger partial charge is 0.359 e. The van der Waals surface area contributed by atoms with E-state index in [1.54, 1.807) is 40.5 Å². The maximum absolute atomic E-state index is 12.4. The van der Waals surface area contributed by atoms with E-state index in [4.69, 9.17) is 0 Å². The van der Waals surface area contributed by atoms with Gasteiger partial charge in [-0.25, -0.2) is 9.67 Å². The average Bonchev–Trinajstić information content (AvgIpc) is 3.01. The van der Waals surface area contributed by atoms with E-state index >= 15 is 0 Å². The maximum atomic E-state index is 12.4. The third kappa shape index (κ3) is 3.93. The molecule has 3 aromatic heterocycles. The molecule has 0 bridgehead atoms. The number of pyridine rings is 1. The second kappa shape index (κ2) is 7.60. The molecule has 0 unspecified atom stereocenters. The third-order valence-corrected chi connectivity index (χ3v) is 6.19. The van der Waals surface area contributed by atoms with Crippen molar-refractivity contribution in [2.45, 2.75) is 51.6 Å². The number of nitrogens with one attached hydrogen (secondary N) is 1. The number of rotatable bonds is 4. The normalized spacial score (nSPS) is 19.8. The molecule has 6 nitrogen and oxygen atoms in total. The number of aromatic nitrogens is 4. The Morgan fingerprint density at radius 2 is 1.96 bits per heavy atom. The fraction of sp³-hybridized carbons (Fsp3) is 0.400. The summed E-state index contributed by atoms with van der Waals surface area (Å²) < 4.78 is 1.66. The van der Waals surface area contributed by atoms with Crippen molar-refractivity contribution in [3.05, 3.63) is 57.6 Å². The third-order valence-electron chi connectivity index (χ3n) is 5.18. The summed E-state index contributed by atoms with van der Waals surface area (Å²) in [6.45, 7) is 4.14. The summed E-state index contributed by atoms with van der Waals surface area (Å²) in [7, 11) is 0. The highest BCUT2D eigenvalue weighted by atomic mass is 32.1. The van der Waals surface area contributed by atoms with E-state index in [1.807, 2.05) is 19.1 Å². The van der Waals surface area contributed by atoms with Gasteiger partial charge in [-0.2, -0.15) is 5.10 Å². The Hall–Kier alpha value is -2.54. The Morgan fingerprint density at radius 3 is 2.63 bits per heavy atom. The Balaban J connectivity index is 1.45. The summed E-state index contributed by atoms with van der Waals surface area (Å²) >= 11 is 1.71. The number of hydrogen-bond donors (Lipinski definition) is 1. The van der Waals surface area contributed by atoms with Crippen LogP contribution in [0.25, 0.3) is 11.3 Å². The second-order valence-corrected chi connectivity index (χ2v) is 8.26. The van der Waals surface area contributed by atoms with E-state index in [9.17, 15) is 4.79 Å². The molecule has 7 heteroatoms. The smallest absolute Gasteiger partial charge is 0.267 e. The average molecular weight is 382 g/mol. The Labute approximate surface area is 162 Å². The van der Waals surface area contributed by atoms with Crippen LogP contribution in [0.2, 0.25) is 0 Å². The number of aryl methyl sites for hydroxylation is 2. The molecule has 1 N–H and O–H groups in total. The highest BCUT2D eigenvalue weighted by molar-refractivity contribution is 7.15. The van der Waals surface area contributed by atoms with Crippen molar-refractivity contribution in [3.63, 3.8) is 0 Å². The zero-order chi connectivity index (χ0) is 18.8. The van der Waals surface area contributed by atoms with Gasteiger partial charge in [0.25, 0.3) is 5.56 Å². The topological polar surface area (TPSA) is 72.7 Å². The number of nitrogens with zero attached hydrogens (tertiary/aromatic N) is 4.